The number of nitrogens with one attached hydrogen (secondary N) is 2. The predicted octanol–water partition coefficient (Wildman–Crippen LogP) is 1.08. The number of urea groups is 1. The Balaban J connectivity index is 1.55. The summed E-state index contributed by atoms with van der Waals surface area (Å²) in [6.45, 7) is 3.16. The first-order valence-corrected chi connectivity index (χ1v) is 8.36. The molecule has 1 aliphatic heterocycles. The summed E-state index contributed by atoms with van der Waals surface area (Å²) in [5, 5.41) is 9.97. The standard InChI is InChI=1S/C17H22N6O2/c1-13(24)21-15-4-2-8-22(12-15)17(25)19-11-14-5-7-18-16(10-14)23-9-3-6-20-23/h3,5-7,9-10,15H,2,4,8,11-12H2,1H3,(H,19,25)(H,21,24)/t15-/m0/s1. The highest BCUT2D eigenvalue weighted by Gasteiger charge is 2.23. The van der Waals surface area contributed by atoms with E-state index in [9.17, 15) is 9.59 Å². The summed E-state index contributed by atoms with van der Waals surface area (Å²) < 4.78 is 1.67. The van der Waals surface area contributed by atoms with E-state index in [-0.39, 0.29) is 18.0 Å². The highest BCUT2D eigenvalue weighted by atomic mass is 16.2. The van der Waals surface area contributed by atoms with Crippen LogP contribution < -0.4 is 10.6 Å². The molecule has 0 saturated carbocycles. The Labute approximate surface area is 146 Å². The maximum atomic E-state index is 12.4. The molecule has 2 aromatic heterocycles. The third-order valence-corrected chi connectivity index (χ3v) is 4.11. The van der Waals surface area contributed by atoms with Crippen molar-refractivity contribution >= 4 is 11.9 Å². The van der Waals surface area contributed by atoms with Gasteiger partial charge in [-0.15, -0.1) is 0 Å². The van der Waals surface area contributed by atoms with Crippen LogP contribution in [-0.2, 0) is 11.3 Å². The summed E-state index contributed by atoms with van der Waals surface area (Å²) >= 11 is 0. The summed E-state index contributed by atoms with van der Waals surface area (Å²) in [5.41, 5.74) is 0.948. The first kappa shape index (κ1) is 16.9. The van der Waals surface area contributed by atoms with E-state index in [4.69, 9.17) is 0 Å². The molecular formula is C17H22N6O2. The van der Waals surface area contributed by atoms with Gasteiger partial charge in [-0.05, 0) is 36.6 Å². The van der Waals surface area contributed by atoms with Crippen LogP contribution in [0.4, 0.5) is 4.79 Å². The largest absolute Gasteiger partial charge is 0.352 e. The fourth-order valence-corrected chi connectivity index (χ4v) is 2.96. The fraction of sp³-hybridized carbons (Fsp3) is 0.412. The summed E-state index contributed by atoms with van der Waals surface area (Å²) in [4.78, 5) is 29.6. The molecule has 1 saturated heterocycles. The Bertz CT molecular complexity index is 730. The average molecular weight is 342 g/mol. The lowest BCUT2D eigenvalue weighted by Crippen LogP contribution is -2.51. The molecule has 2 N–H and O–H groups in total. The maximum Gasteiger partial charge on any atom is 0.317 e. The molecule has 25 heavy (non-hydrogen) atoms. The molecule has 0 spiro atoms. The number of pyridine rings is 1. The molecule has 1 atom stereocenters. The summed E-state index contributed by atoms with van der Waals surface area (Å²) in [7, 11) is 0. The predicted molar refractivity (Wildman–Crippen MR) is 92.0 cm³/mol. The number of amides is 3. The zero-order valence-electron chi connectivity index (χ0n) is 14.2. The van der Waals surface area contributed by atoms with Crippen LogP contribution in [0.3, 0.4) is 0 Å². The van der Waals surface area contributed by atoms with Gasteiger partial charge >= 0.3 is 6.03 Å². The van der Waals surface area contributed by atoms with Crippen LogP contribution >= 0.6 is 0 Å². The van der Waals surface area contributed by atoms with Gasteiger partial charge in [0.15, 0.2) is 5.82 Å². The molecule has 3 rings (SSSR count). The maximum absolute atomic E-state index is 12.4. The number of piperidine rings is 1. The van der Waals surface area contributed by atoms with E-state index >= 15 is 0 Å². The lowest BCUT2D eigenvalue weighted by molar-refractivity contribution is -0.119. The summed E-state index contributed by atoms with van der Waals surface area (Å²) in [5.74, 6) is 0.649. The second-order valence-electron chi connectivity index (χ2n) is 6.12. The Morgan fingerprint density at radius 2 is 2.24 bits per heavy atom. The van der Waals surface area contributed by atoms with Crippen LogP contribution in [0.15, 0.2) is 36.8 Å². The molecule has 3 heterocycles. The molecule has 2 aromatic rings. The number of carbonyl (C=O) groups is 2. The number of rotatable bonds is 4. The number of nitrogens with zero attached hydrogens (tertiary/aromatic N) is 4. The Morgan fingerprint density at radius 1 is 1.36 bits per heavy atom. The molecule has 0 aromatic carbocycles. The third-order valence-electron chi connectivity index (χ3n) is 4.11. The minimum Gasteiger partial charge on any atom is -0.352 e. The summed E-state index contributed by atoms with van der Waals surface area (Å²) in [6.07, 6.45) is 7.00. The molecule has 0 radical (unpaired) electrons. The van der Waals surface area contributed by atoms with E-state index in [0.29, 0.717) is 25.5 Å². The highest BCUT2D eigenvalue weighted by molar-refractivity contribution is 5.75. The van der Waals surface area contributed by atoms with Crippen molar-refractivity contribution in [2.45, 2.75) is 32.4 Å². The van der Waals surface area contributed by atoms with Crippen molar-refractivity contribution in [1.29, 1.82) is 0 Å². The molecule has 3 amide bonds. The van der Waals surface area contributed by atoms with E-state index in [1.54, 1.807) is 22.0 Å². The number of likely N-dealkylation sites (tertiary alicyclic amines) is 1. The lowest BCUT2D eigenvalue weighted by Gasteiger charge is -2.33. The first-order chi connectivity index (χ1) is 12.1. The van der Waals surface area contributed by atoms with Gasteiger partial charge in [0.25, 0.3) is 0 Å². The molecular weight excluding hydrogens is 320 g/mol. The van der Waals surface area contributed by atoms with Crippen molar-refractivity contribution in [3.8, 4) is 5.82 Å². The van der Waals surface area contributed by atoms with Crippen molar-refractivity contribution in [1.82, 2.24) is 30.3 Å². The van der Waals surface area contributed by atoms with Gasteiger partial charge in [0.2, 0.25) is 5.91 Å². The third kappa shape index (κ3) is 4.56. The van der Waals surface area contributed by atoms with Gasteiger partial charge in [-0.2, -0.15) is 5.10 Å². The van der Waals surface area contributed by atoms with E-state index in [0.717, 1.165) is 18.4 Å². The normalized spacial score (nSPS) is 17.2. The number of hydrogen-bond donors (Lipinski definition) is 2. The molecule has 0 bridgehead atoms. The molecule has 8 nitrogen and oxygen atoms in total. The van der Waals surface area contributed by atoms with Gasteiger partial charge < -0.3 is 15.5 Å². The minimum atomic E-state index is -0.118. The molecule has 1 fully saturated rings. The van der Waals surface area contributed by atoms with Crippen molar-refractivity contribution in [3.05, 3.63) is 42.4 Å². The number of aromatic nitrogens is 3. The van der Waals surface area contributed by atoms with Gasteiger partial charge in [-0.3, -0.25) is 4.79 Å². The van der Waals surface area contributed by atoms with E-state index in [2.05, 4.69) is 20.7 Å². The number of carbonyl (C=O) groups excluding carboxylic acids is 2. The smallest absolute Gasteiger partial charge is 0.317 e. The first-order valence-electron chi connectivity index (χ1n) is 8.36. The van der Waals surface area contributed by atoms with Crippen molar-refractivity contribution < 1.29 is 9.59 Å². The van der Waals surface area contributed by atoms with Crippen molar-refractivity contribution in [2.24, 2.45) is 0 Å². The van der Waals surface area contributed by atoms with E-state index in [1.807, 2.05) is 24.4 Å². The fourth-order valence-electron chi connectivity index (χ4n) is 2.96. The number of hydrogen-bond acceptors (Lipinski definition) is 4. The van der Waals surface area contributed by atoms with Gasteiger partial charge in [0.1, 0.15) is 0 Å². The Morgan fingerprint density at radius 3 is 3.00 bits per heavy atom. The second-order valence-corrected chi connectivity index (χ2v) is 6.12. The monoisotopic (exact) mass is 342 g/mol. The van der Waals surface area contributed by atoms with Gasteiger partial charge in [-0.25, -0.2) is 14.5 Å². The quantitative estimate of drug-likeness (QED) is 0.869. The molecule has 0 aliphatic carbocycles. The zero-order valence-corrected chi connectivity index (χ0v) is 14.2. The topological polar surface area (TPSA) is 92.2 Å². The molecule has 1 aliphatic rings. The van der Waals surface area contributed by atoms with Crippen LogP contribution in [0, 0.1) is 0 Å². The zero-order chi connectivity index (χ0) is 17.6. The van der Waals surface area contributed by atoms with Crippen LogP contribution in [0.2, 0.25) is 0 Å². The minimum absolute atomic E-state index is 0.0318. The highest BCUT2D eigenvalue weighted by Crippen LogP contribution is 2.11. The second kappa shape index (κ2) is 7.78. The SMILES string of the molecule is CC(=O)N[C@H]1CCCN(C(=O)NCc2ccnc(-n3cccn3)c2)C1. The molecule has 0 unspecified atom stereocenters. The van der Waals surface area contributed by atoms with Crippen molar-refractivity contribution in [2.75, 3.05) is 13.1 Å². The van der Waals surface area contributed by atoms with Crippen molar-refractivity contribution in [3.63, 3.8) is 0 Å². The van der Waals surface area contributed by atoms with Gasteiger partial charge in [-0.1, -0.05) is 0 Å². The Kier molecular flexibility index (Phi) is 5.27. The average Bonchev–Trinajstić information content (AvgIpc) is 3.14. The van der Waals surface area contributed by atoms with Gasteiger partial charge in [0.05, 0.1) is 0 Å². The van der Waals surface area contributed by atoms with Crippen LogP contribution in [0.1, 0.15) is 25.3 Å². The molecule has 8 heteroatoms. The van der Waals surface area contributed by atoms with E-state index in [1.165, 1.54) is 6.92 Å². The van der Waals surface area contributed by atoms with Crippen LogP contribution in [-0.4, -0.2) is 50.7 Å². The summed E-state index contributed by atoms with van der Waals surface area (Å²) in [6, 6.07) is 5.50. The van der Waals surface area contributed by atoms with Crippen LogP contribution in [0.5, 0.6) is 0 Å². The van der Waals surface area contributed by atoms with Gasteiger partial charge in [0, 0.05) is 51.2 Å². The van der Waals surface area contributed by atoms with Crippen LogP contribution in [0.25, 0.3) is 5.82 Å². The Hall–Kier alpha value is -2.90. The lowest BCUT2D eigenvalue weighted by atomic mass is 10.1. The van der Waals surface area contributed by atoms with E-state index < -0.39 is 0 Å². The molecule has 132 valence electrons.